The fourth-order valence-electron chi connectivity index (χ4n) is 3.12. The topological polar surface area (TPSA) is 85.8 Å². The number of halogens is 1. The van der Waals surface area contributed by atoms with E-state index >= 15 is 0 Å². The normalized spacial score (nSPS) is 15.0. The van der Waals surface area contributed by atoms with Crippen molar-refractivity contribution in [2.45, 2.75) is 38.6 Å². The van der Waals surface area contributed by atoms with Crippen LogP contribution in [-0.4, -0.2) is 25.8 Å². The van der Waals surface area contributed by atoms with Gasteiger partial charge in [0.15, 0.2) is 0 Å². The van der Waals surface area contributed by atoms with Crippen LogP contribution < -0.4 is 5.32 Å². The molecule has 4 rings (SSSR count). The molecule has 1 saturated carbocycles. The van der Waals surface area contributed by atoms with Crippen LogP contribution in [0, 0.1) is 11.7 Å². The van der Waals surface area contributed by atoms with Gasteiger partial charge in [0, 0.05) is 18.5 Å². The number of carbonyl (C=O) groups excluding carboxylic acids is 1. The second-order valence-electron chi connectivity index (χ2n) is 7.51. The zero-order valence-electron chi connectivity index (χ0n) is 16.0. The molecule has 1 aliphatic rings. The Bertz CT molecular complexity index is 1010. The molecule has 1 aliphatic carbocycles. The summed E-state index contributed by atoms with van der Waals surface area (Å²) in [7, 11) is 1.76. The second kappa shape index (κ2) is 7.18. The molecule has 1 atom stereocenters. The van der Waals surface area contributed by atoms with Gasteiger partial charge in [0.05, 0.1) is 5.69 Å². The number of aryl methyl sites for hydroxylation is 1. The van der Waals surface area contributed by atoms with E-state index in [1.807, 2.05) is 19.9 Å². The van der Waals surface area contributed by atoms with Crippen LogP contribution in [0.5, 0.6) is 0 Å². The quantitative estimate of drug-likeness (QED) is 0.703. The third kappa shape index (κ3) is 3.67. The summed E-state index contributed by atoms with van der Waals surface area (Å²) < 4.78 is 20.4. The smallest absolute Gasteiger partial charge is 0.270 e. The summed E-state index contributed by atoms with van der Waals surface area (Å²) in [4.78, 5) is 17.2. The van der Waals surface area contributed by atoms with Gasteiger partial charge in [-0.15, -0.1) is 0 Å². The molecule has 0 unspecified atom stereocenters. The first-order valence-electron chi connectivity index (χ1n) is 9.36. The Labute approximate surface area is 161 Å². The zero-order chi connectivity index (χ0) is 19.8. The summed E-state index contributed by atoms with van der Waals surface area (Å²) >= 11 is 0. The minimum absolute atomic E-state index is 0.0147. The van der Waals surface area contributed by atoms with Crippen LogP contribution in [0.3, 0.4) is 0 Å². The maximum absolute atomic E-state index is 13.5. The van der Waals surface area contributed by atoms with E-state index in [1.165, 1.54) is 12.1 Å². The summed E-state index contributed by atoms with van der Waals surface area (Å²) in [5, 5.41) is 11.4. The van der Waals surface area contributed by atoms with E-state index in [0.29, 0.717) is 17.2 Å². The lowest BCUT2D eigenvalue weighted by Gasteiger charge is -2.18. The lowest BCUT2D eigenvalue weighted by Crippen LogP contribution is -2.33. The van der Waals surface area contributed by atoms with Crippen molar-refractivity contribution < 1.29 is 13.7 Å². The molecule has 146 valence electrons. The first-order chi connectivity index (χ1) is 13.4. The molecule has 1 N–H and O–H groups in total. The third-order valence-corrected chi connectivity index (χ3v) is 4.87. The number of aromatic nitrogens is 4. The highest BCUT2D eigenvalue weighted by atomic mass is 19.1. The average Bonchev–Trinajstić information content (AvgIpc) is 3.26. The predicted octanol–water partition coefficient (Wildman–Crippen LogP) is 3.61. The molecule has 28 heavy (non-hydrogen) atoms. The summed E-state index contributed by atoms with van der Waals surface area (Å²) in [5.74, 6) is 0.434. The van der Waals surface area contributed by atoms with Crippen molar-refractivity contribution in [1.29, 1.82) is 0 Å². The van der Waals surface area contributed by atoms with Gasteiger partial charge in [0.25, 0.3) is 5.91 Å². The predicted molar refractivity (Wildman–Crippen MR) is 99.9 cm³/mol. The molecule has 0 aliphatic heterocycles. The molecular formula is C20H22FN5O2. The van der Waals surface area contributed by atoms with E-state index in [4.69, 9.17) is 4.52 Å². The number of nitrogens with one attached hydrogen (secondary N) is 1. The first kappa shape index (κ1) is 18.3. The van der Waals surface area contributed by atoms with Crippen LogP contribution in [0.2, 0.25) is 0 Å². The van der Waals surface area contributed by atoms with Crippen molar-refractivity contribution in [3.8, 4) is 11.4 Å². The summed E-state index contributed by atoms with van der Waals surface area (Å²) in [5.41, 5.74) is 1.97. The first-order valence-corrected chi connectivity index (χ1v) is 9.36. The molecule has 2 heterocycles. The van der Waals surface area contributed by atoms with E-state index in [1.54, 1.807) is 23.9 Å². The third-order valence-electron chi connectivity index (χ3n) is 4.87. The van der Waals surface area contributed by atoms with Gasteiger partial charge in [-0.3, -0.25) is 9.48 Å². The summed E-state index contributed by atoms with van der Waals surface area (Å²) in [6, 6.07) is 7.36. The van der Waals surface area contributed by atoms with Crippen LogP contribution in [-0.2, 0) is 7.05 Å². The van der Waals surface area contributed by atoms with Crippen molar-refractivity contribution >= 4 is 5.91 Å². The number of hydrogen-bond acceptors (Lipinski definition) is 5. The molecule has 1 fully saturated rings. The van der Waals surface area contributed by atoms with Gasteiger partial charge < -0.3 is 9.84 Å². The van der Waals surface area contributed by atoms with E-state index in [2.05, 4.69) is 20.6 Å². The number of hydrogen-bond donors (Lipinski definition) is 1. The van der Waals surface area contributed by atoms with Crippen molar-refractivity contribution in [2.75, 3.05) is 0 Å². The van der Waals surface area contributed by atoms with Gasteiger partial charge in [-0.05, 0) is 37.0 Å². The molecule has 0 saturated heterocycles. The second-order valence-corrected chi connectivity index (χ2v) is 7.51. The highest BCUT2D eigenvalue weighted by Crippen LogP contribution is 2.39. The molecule has 1 amide bonds. The Kier molecular flexibility index (Phi) is 4.70. The molecule has 8 heteroatoms. The fraction of sp³-hybridized carbons (Fsp3) is 0.400. The monoisotopic (exact) mass is 383 g/mol. The van der Waals surface area contributed by atoms with Gasteiger partial charge in [-0.1, -0.05) is 31.1 Å². The minimum Gasteiger partial charge on any atom is -0.339 e. The summed E-state index contributed by atoms with van der Waals surface area (Å²) in [6.07, 6.45) is 2.25. The number of amides is 1. The molecule has 0 bridgehead atoms. The van der Waals surface area contributed by atoms with Crippen molar-refractivity contribution in [1.82, 2.24) is 25.2 Å². The largest absolute Gasteiger partial charge is 0.339 e. The SMILES string of the molecule is CC(C)[C@H](NC(=O)c1cc(C2CC2)nn1C)c1nc(-c2cccc(F)c2)no1. The number of rotatable bonds is 6. The number of benzene rings is 1. The Hall–Kier alpha value is -3.03. The lowest BCUT2D eigenvalue weighted by molar-refractivity contribution is 0.0904. The molecule has 1 aromatic carbocycles. The molecule has 0 spiro atoms. The molecular weight excluding hydrogens is 361 g/mol. The zero-order valence-corrected chi connectivity index (χ0v) is 16.0. The molecule has 3 aromatic rings. The van der Waals surface area contributed by atoms with Crippen molar-refractivity contribution in [3.05, 3.63) is 53.4 Å². The standard InChI is InChI=1S/C20H22FN5O2/c1-11(2)17(20-23-18(25-28-20)13-5-4-6-14(21)9-13)22-19(27)16-10-15(12-7-8-12)24-26(16)3/h4-6,9-12,17H,7-8H2,1-3H3,(H,22,27)/t17-/m0/s1. The fourth-order valence-corrected chi connectivity index (χ4v) is 3.12. The van der Waals surface area contributed by atoms with Gasteiger partial charge in [-0.2, -0.15) is 10.1 Å². The van der Waals surface area contributed by atoms with Gasteiger partial charge in [-0.25, -0.2) is 4.39 Å². The summed E-state index contributed by atoms with van der Waals surface area (Å²) in [6.45, 7) is 3.91. The Balaban J connectivity index is 1.55. The minimum atomic E-state index is -0.471. The maximum Gasteiger partial charge on any atom is 0.270 e. The van der Waals surface area contributed by atoms with Crippen LogP contribution in [0.1, 0.15) is 60.7 Å². The van der Waals surface area contributed by atoms with Crippen LogP contribution in [0.15, 0.2) is 34.9 Å². The van der Waals surface area contributed by atoms with Gasteiger partial charge >= 0.3 is 0 Å². The molecule has 2 aromatic heterocycles. The molecule has 7 nitrogen and oxygen atoms in total. The Morgan fingerprint density at radius 1 is 1.32 bits per heavy atom. The van der Waals surface area contributed by atoms with E-state index < -0.39 is 6.04 Å². The average molecular weight is 383 g/mol. The van der Waals surface area contributed by atoms with E-state index in [0.717, 1.165) is 18.5 Å². The van der Waals surface area contributed by atoms with Crippen molar-refractivity contribution in [3.63, 3.8) is 0 Å². The number of nitrogens with zero attached hydrogens (tertiary/aromatic N) is 4. The Morgan fingerprint density at radius 2 is 2.11 bits per heavy atom. The van der Waals surface area contributed by atoms with E-state index in [-0.39, 0.29) is 29.4 Å². The Morgan fingerprint density at radius 3 is 2.79 bits per heavy atom. The van der Waals surface area contributed by atoms with Crippen molar-refractivity contribution in [2.24, 2.45) is 13.0 Å². The highest BCUT2D eigenvalue weighted by molar-refractivity contribution is 5.93. The highest BCUT2D eigenvalue weighted by Gasteiger charge is 2.30. The van der Waals surface area contributed by atoms with Crippen LogP contribution in [0.25, 0.3) is 11.4 Å². The van der Waals surface area contributed by atoms with Gasteiger partial charge in [0.2, 0.25) is 11.7 Å². The van der Waals surface area contributed by atoms with Crippen LogP contribution in [0.4, 0.5) is 4.39 Å². The van der Waals surface area contributed by atoms with E-state index in [9.17, 15) is 9.18 Å². The lowest BCUT2D eigenvalue weighted by atomic mass is 10.0. The molecule has 0 radical (unpaired) electrons. The van der Waals surface area contributed by atoms with Crippen LogP contribution >= 0.6 is 0 Å². The van der Waals surface area contributed by atoms with Gasteiger partial charge in [0.1, 0.15) is 17.6 Å². The maximum atomic E-state index is 13.5. The number of carbonyl (C=O) groups is 1.